The molecule has 4 nitrogen and oxygen atoms in total. The molecule has 1 atom stereocenters. The van der Waals surface area contributed by atoms with Crippen molar-refractivity contribution in [1.29, 1.82) is 0 Å². The van der Waals surface area contributed by atoms with Gasteiger partial charge in [-0.05, 0) is 66.2 Å². The molecule has 0 amide bonds. The zero-order valence-corrected chi connectivity index (χ0v) is 15.6. The standard InChI is InChI=1S/C18H14ClIO4/c1-8-13(19)5-10(6-14(8)20)17(23)16-12-4-3-11(22)7-15(12)24-18(16)9(2)21/h3-7,9,21-22H,1-2H3/i3D,4D,7D. The first-order chi connectivity index (χ1) is 12.6. The first kappa shape index (κ1) is 13.7. The van der Waals surface area contributed by atoms with E-state index in [4.69, 9.17) is 20.1 Å². The van der Waals surface area contributed by atoms with E-state index in [1.807, 2.05) is 29.5 Å². The summed E-state index contributed by atoms with van der Waals surface area (Å²) < 4.78 is 30.2. The van der Waals surface area contributed by atoms with Crippen molar-refractivity contribution in [1.82, 2.24) is 0 Å². The number of phenolic OH excluding ortho intramolecular Hbond substituents is 1. The normalized spacial score (nSPS) is 14.3. The number of carbonyl (C=O) groups is 1. The minimum atomic E-state index is -1.20. The van der Waals surface area contributed by atoms with E-state index in [0.29, 0.717) is 5.02 Å². The van der Waals surface area contributed by atoms with Crippen LogP contribution in [0, 0.1) is 10.5 Å². The van der Waals surface area contributed by atoms with Crippen LogP contribution >= 0.6 is 34.2 Å². The van der Waals surface area contributed by atoms with Crippen molar-refractivity contribution in [2.75, 3.05) is 0 Å². The number of halogens is 2. The van der Waals surface area contributed by atoms with Crippen molar-refractivity contribution in [2.24, 2.45) is 0 Å². The van der Waals surface area contributed by atoms with Gasteiger partial charge in [0.05, 0.1) is 9.68 Å². The van der Waals surface area contributed by atoms with Gasteiger partial charge < -0.3 is 14.6 Å². The van der Waals surface area contributed by atoms with Crippen molar-refractivity contribution in [2.45, 2.75) is 20.0 Å². The number of hydrogen-bond donors (Lipinski definition) is 2. The second-order valence-electron chi connectivity index (χ2n) is 5.34. The molecule has 0 aliphatic heterocycles. The highest BCUT2D eigenvalue weighted by molar-refractivity contribution is 14.1. The molecule has 6 heteroatoms. The second kappa shape index (κ2) is 6.38. The lowest BCUT2D eigenvalue weighted by atomic mass is 9.98. The molecule has 1 unspecified atom stereocenters. The van der Waals surface area contributed by atoms with Gasteiger partial charge in [-0.1, -0.05) is 11.6 Å². The van der Waals surface area contributed by atoms with Gasteiger partial charge in [-0.3, -0.25) is 4.79 Å². The second-order valence-corrected chi connectivity index (χ2v) is 6.91. The molecular weight excluding hydrogens is 443 g/mol. The van der Waals surface area contributed by atoms with Crippen LogP contribution in [-0.2, 0) is 0 Å². The molecule has 0 bridgehead atoms. The Morgan fingerprint density at radius 1 is 1.42 bits per heavy atom. The molecule has 3 rings (SSSR count). The van der Waals surface area contributed by atoms with Gasteiger partial charge in [0.1, 0.15) is 23.2 Å². The van der Waals surface area contributed by atoms with Gasteiger partial charge in [-0.2, -0.15) is 0 Å². The molecule has 2 aromatic carbocycles. The smallest absolute Gasteiger partial charge is 0.197 e. The van der Waals surface area contributed by atoms with Crippen LogP contribution in [0.15, 0.2) is 34.7 Å². The van der Waals surface area contributed by atoms with Crippen LogP contribution in [0.4, 0.5) is 0 Å². The number of carbonyl (C=O) groups excluding carboxylic acids is 1. The fraction of sp³-hybridized carbons (Fsp3) is 0.167. The van der Waals surface area contributed by atoms with Gasteiger partial charge in [-0.25, -0.2) is 0 Å². The monoisotopic (exact) mass is 459 g/mol. The van der Waals surface area contributed by atoms with Crippen molar-refractivity contribution < 1.29 is 23.5 Å². The molecule has 0 spiro atoms. The Hall–Kier alpha value is -1.57. The molecule has 0 radical (unpaired) electrons. The molecule has 3 aromatic rings. The van der Waals surface area contributed by atoms with Crippen LogP contribution in [0.5, 0.6) is 5.75 Å². The Bertz CT molecular complexity index is 1090. The van der Waals surface area contributed by atoms with E-state index in [1.165, 1.54) is 13.0 Å². The zero-order valence-electron chi connectivity index (χ0n) is 15.7. The number of benzene rings is 2. The summed E-state index contributed by atoms with van der Waals surface area (Å²) in [5.74, 6) is -1.40. The first-order valence-corrected chi connectivity index (χ1v) is 8.45. The van der Waals surface area contributed by atoms with E-state index in [0.717, 1.165) is 9.13 Å². The molecule has 0 fully saturated rings. The van der Waals surface area contributed by atoms with Gasteiger partial charge in [0.2, 0.25) is 0 Å². The van der Waals surface area contributed by atoms with Crippen molar-refractivity contribution in [3.8, 4) is 5.75 Å². The number of ketones is 1. The summed E-state index contributed by atoms with van der Waals surface area (Å²) in [5, 5.41) is 20.2. The Balaban J connectivity index is 2.40. The lowest BCUT2D eigenvalue weighted by Crippen LogP contribution is -2.06. The predicted molar refractivity (Wildman–Crippen MR) is 101 cm³/mol. The van der Waals surface area contributed by atoms with E-state index in [1.54, 1.807) is 6.07 Å². The number of phenols is 1. The summed E-state index contributed by atoms with van der Waals surface area (Å²) in [7, 11) is 0. The van der Waals surface area contributed by atoms with Crippen molar-refractivity contribution in [3.05, 3.63) is 61.3 Å². The quantitative estimate of drug-likeness (QED) is 0.428. The van der Waals surface area contributed by atoms with E-state index in [-0.39, 0.29) is 27.9 Å². The first-order valence-electron chi connectivity index (χ1n) is 8.49. The molecule has 0 saturated carbocycles. The van der Waals surface area contributed by atoms with E-state index in [9.17, 15) is 15.0 Å². The van der Waals surface area contributed by atoms with E-state index < -0.39 is 35.8 Å². The van der Waals surface area contributed by atoms with Crippen LogP contribution in [0.25, 0.3) is 11.0 Å². The summed E-state index contributed by atoms with van der Waals surface area (Å²) in [6.07, 6.45) is -1.20. The summed E-state index contributed by atoms with van der Waals surface area (Å²) in [4.78, 5) is 13.2. The maximum atomic E-state index is 13.2. The third-order valence-corrected chi connectivity index (χ3v) is 5.14. The summed E-state index contributed by atoms with van der Waals surface area (Å²) in [5.41, 5.74) is 0.711. The maximum absolute atomic E-state index is 13.2. The molecule has 1 aromatic heterocycles. The molecule has 1 heterocycles. The summed E-state index contributed by atoms with van der Waals surface area (Å²) in [6.45, 7) is 3.20. The molecule has 0 aliphatic rings. The van der Waals surface area contributed by atoms with Crippen LogP contribution in [0.3, 0.4) is 0 Å². The number of fused-ring (bicyclic) bond motifs is 1. The van der Waals surface area contributed by atoms with Crippen LogP contribution in [0.1, 0.15) is 44.4 Å². The number of furan rings is 1. The van der Waals surface area contributed by atoms with E-state index >= 15 is 0 Å². The minimum Gasteiger partial charge on any atom is -0.508 e. The Morgan fingerprint density at radius 2 is 2.12 bits per heavy atom. The van der Waals surface area contributed by atoms with Gasteiger partial charge in [-0.15, -0.1) is 0 Å². The molecular formula is C18H14ClIO4. The Morgan fingerprint density at radius 3 is 2.75 bits per heavy atom. The highest BCUT2D eigenvalue weighted by Crippen LogP contribution is 2.34. The SMILES string of the molecule is [2H]c1c(O)c([2H])c2oc(C(C)O)c(C(=O)c3cc(Cl)c(C)c(I)c3)c2c1[2H]. The van der Waals surface area contributed by atoms with Crippen molar-refractivity contribution >= 4 is 50.9 Å². The van der Waals surface area contributed by atoms with Crippen LogP contribution in [-0.4, -0.2) is 16.0 Å². The Labute approximate surface area is 161 Å². The molecule has 0 saturated heterocycles. The highest BCUT2D eigenvalue weighted by atomic mass is 127. The fourth-order valence-corrected chi connectivity index (χ4v) is 3.36. The molecule has 0 aliphatic carbocycles. The number of aliphatic hydroxyl groups excluding tert-OH is 1. The summed E-state index contributed by atoms with van der Waals surface area (Å²) >= 11 is 8.24. The van der Waals surface area contributed by atoms with E-state index in [2.05, 4.69) is 0 Å². The number of hydrogen-bond acceptors (Lipinski definition) is 4. The van der Waals surface area contributed by atoms with Gasteiger partial charge in [0, 0.05) is 25.6 Å². The molecule has 24 heavy (non-hydrogen) atoms. The minimum absolute atomic E-state index is 0.0876. The largest absolute Gasteiger partial charge is 0.508 e. The zero-order chi connectivity index (χ0) is 20.2. The third kappa shape index (κ3) is 2.92. The maximum Gasteiger partial charge on any atom is 0.197 e. The molecule has 124 valence electrons. The average molecular weight is 460 g/mol. The molecule has 2 N–H and O–H groups in total. The fourth-order valence-electron chi connectivity index (χ4n) is 2.36. The topological polar surface area (TPSA) is 70.7 Å². The van der Waals surface area contributed by atoms with Crippen molar-refractivity contribution in [3.63, 3.8) is 0 Å². The van der Waals surface area contributed by atoms with Crippen LogP contribution < -0.4 is 0 Å². The summed E-state index contributed by atoms with van der Waals surface area (Å²) in [6, 6.07) is 1.56. The van der Waals surface area contributed by atoms with Gasteiger partial charge in [0.15, 0.2) is 5.78 Å². The Kier molecular flexibility index (Phi) is 3.64. The van der Waals surface area contributed by atoms with Gasteiger partial charge >= 0.3 is 0 Å². The number of rotatable bonds is 3. The average Bonchev–Trinajstić information content (AvgIpc) is 3.02. The predicted octanol–water partition coefficient (Wildman–Crippen LogP) is 4.99. The number of aliphatic hydroxyl groups is 1. The third-order valence-electron chi connectivity index (χ3n) is 3.62. The van der Waals surface area contributed by atoms with Crippen LogP contribution in [0.2, 0.25) is 5.02 Å². The number of aromatic hydroxyl groups is 1. The lowest BCUT2D eigenvalue weighted by Gasteiger charge is -2.08. The lowest BCUT2D eigenvalue weighted by molar-refractivity contribution is 0.102. The van der Waals surface area contributed by atoms with Gasteiger partial charge in [0.25, 0.3) is 0 Å². The highest BCUT2D eigenvalue weighted by Gasteiger charge is 2.25.